The number of rotatable bonds is 10. The molecule has 0 aliphatic carbocycles. The van der Waals surface area contributed by atoms with E-state index in [9.17, 15) is 23.1 Å². The number of aryl methyl sites for hydroxylation is 1. The molecule has 37 heavy (non-hydrogen) atoms. The van der Waals surface area contributed by atoms with Crippen molar-refractivity contribution in [1.29, 1.82) is 0 Å². The van der Waals surface area contributed by atoms with Crippen LogP contribution in [0.15, 0.2) is 78.2 Å². The van der Waals surface area contributed by atoms with E-state index in [1.807, 2.05) is 65.7 Å². The molecule has 1 aromatic heterocycles. The second-order valence-corrected chi connectivity index (χ2v) is 9.58. The number of halogens is 3. The summed E-state index contributed by atoms with van der Waals surface area (Å²) >= 11 is 1.44. The Balaban J connectivity index is 1.49. The van der Waals surface area contributed by atoms with Crippen LogP contribution in [0, 0.1) is 6.92 Å². The summed E-state index contributed by atoms with van der Waals surface area (Å²) in [7, 11) is 0. The molecule has 0 radical (unpaired) electrons. The molecule has 1 N–H and O–H groups in total. The van der Waals surface area contributed by atoms with Gasteiger partial charge >= 0.3 is 12.1 Å². The van der Waals surface area contributed by atoms with Gasteiger partial charge in [-0.3, -0.25) is 9.69 Å². The minimum Gasteiger partial charge on any atom is -0.488 e. The number of hydrogen-bond donors (Lipinski definition) is 1. The van der Waals surface area contributed by atoms with Crippen molar-refractivity contribution in [2.24, 2.45) is 0 Å². The second-order valence-electron chi connectivity index (χ2n) is 8.63. The van der Waals surface area contributed by atoms with Crippen LogP contribution in [0.4, 0.5) is 13.2 Å². The summed E-state index contributed by atoms with van der Waals surface area (Å²) < 4.78 is 44.5. The van der Waals surface area contributed by atoms with Crippen LogP contribution in [0.3, 0.4) is 0 Å². The average Bonchev–Trinajstić information content (AvgIpc) is 3.31. The number of ether oxygens (including phenoxy) is 1. The topological polar surface area (TPSA) is 62.7 Å². The summed E-state index contributed by atoms with van der Waals surface area (Å²) in [5.41, 5.74) is 3.39. The van der Waals surface area contributed by atoms with Crippen LogP contribution in [0.1, 0.15) is 27.3 Å². The summed E-state index contributed by atoms with van der Waals surface area (Å²) in [4.78, 5) is 18.0. The molecule has 9 heteroatoms. The average molecular weight is 527 g/mol. The number of aromatic nitrogens is 1. The third kappa shape index (κ3) is 7.41. The molecule has 0 saturated heterocycles. The van der Waals surface area contributed by atoms with Crippen molar-refractivity contribution in [3.8, 4) is 17.0 Å². The van der Waals surface area contributed by atoms with Crippen molar-refractivity contribution in [2.75, 3.05) is 6.54 Å². The maximum absolute atomic E-state index is 12.8. The van der Waals surface area contributed by atoms with E-state index in [1.54, 1.807) is 0 Å². The van der Waals surface area contributed by atoms with Gasteiger partial charge in [0, 0.05) is 17.5 Å². The lowest BCUT2D eigenvalue weighted by Gasteiger charge is -2.19. The highest BCUT2D eigenvalue weighted by Crippen LogP contribution is 2.33. The number of thiazole rings is 1. The maximum Gasteiger partial charge on any atom is 0.416 e. The molecule has 0 atom stereocenters. The molecular formula is C28H25F3N2O3S. The monoisotopic (exact) mass is 526 g/mol. The molecular weight excluding hydrogens is 501 g/mol. The first kappa shape index (κ1) is 26.4. The van der Waals surface area contributed by atoms with E-state index in [2.05, 4.69) is 0 Å². The van der Waals surface area contributed by atoms with Gasteiger partial charge in [0.25, 0.3) is 0 Å². The van der Waals surface area contributed by atoms with Crippen LogP contribution in [0.25, 0.3) is 11.3 Å². The zero-order chi connectivity index (χ0) is 26.4. The molecule has 0 bridgehead atoms. The molecule has 192 valence electrons. The van der Waals surface area contributed by atoms with Crippen LogP contribution >= 0.6 is 11.3 Å². The lowest BCUT2D eigenvalue weighted by molar-refractivity contribution is -0.139. The molecule has 1 heterocycles. The van der Waals surface area contributed by atoms with E-state index < -0.39 is 17.7 Å². The second kappa shape index (κ2) is 11.6. The van der Waals surface area contributed by atoms with E-state index in [1.165, 1.54) is 23.5 Å². The number of hydrogen-bond acceptors (Lipinski definition) is 5. The van der Waals surface area contributed by atoms with Crippen LogP contribution in [0.5, 0.6) is 5.75 Å². The third-order valence-corrected chi connectivity index (χ3v) is 6.44. The molecule has 3 aromatic carbocycles. The van der Waals surface area contributed by atoms with Crippen molar-refractivity contribution in [1.82, 2.24) is 9.88 Å². The normalized spacial score (nSPS) is 11.6. The van der Waals surface area contributed by atoms with Crippen LogP contribution in [0.2, 0.25) is 0 Å². The van der Waals surface area contributed by atoms with E-state index in [0.29, 0.717) is 30.1 Å². The Hall–Kier alpha value is -3.69. The highest BCUT2D eigenvalue weighted by Gasteiger charge is 2.30. The molecule has 0 saturated carbocycles. The molecule has 0 amide bonds. The zero-order valence-corrected chi connectivity index (χ0v) is 20.9. The molecule has 4 aromatic rings. The summed E-state index contributed by atoms with van der Waals surface area (Å²) in [6, 6.07) is 20.2. The first-order valence-corrected chi connectivity index (χ1v) is 12.4. The minimum atomic E-state index is -4.38. The van der Waals surface area contributed by atoms with Crippen LogP contribution < -0.4 is 4.74 Å². The Labute approximate surface area is 216 Å². The van der Waals surface area contributed by atoms with Crippen molar-refractivity contribution >= 4 is 17.3 Å². The number of nitrogens with zero attached hydrogens (tertiary/aromatic N) is 2. The van der Waals surface area contributed by atoms with Gasteiger partial charge in [0.1, 0.15) is 17.4 Å². The predicted octanol–water partition coefficient (Wildman–Crippen LogP) is 6.80. The van der Waals surface area contributed by atoms with E-state index in [-0.39, 0.29) is 13.2 Å². The zero-order valence-electron chi connectivity index (χ0n) is 20.0. The highest BCUT2D eigenvalue weighted by atomic mass is 32.1. The molecule has 4 rings (SSSR count). The standard InChI is InChI=1S/C28H25F3N2O3S/c1-19-7-12-25(36-17-21-8-10-22(11-9-21)28(29,30)31)23(13-19)24-18-37-26(32-24)15-33(16-27(34)35)14-20-5-3-2-4-6-20/h2-13,18H,14-17H2,1H3,(H,34,35). The van der Waals surface area contributed by atoms with Gasteiger partial charge in [-0.2, -0.15) is 13.2 Å². The van der Waals surface area contributed by atoms with Crippen molar-refractivity contribution < 1.29 is 27.8 Å². The number of carboxylic acid groups (broad SMARTS) is 1. The van der Waals surface area contributed by atoms with Gasteiger partial charge in [-0.05, 0) is 42.3 Å². The first-order chi connectivity index (χ1) is 17.7. The Kier molecular flexibility index (Phi) is 8.25. The van der Waals surface area contributed by atoms with Crippen LogP contribution in [-0.4, -0.2) is 27.5 Å². The van der Waals surface area contributed by atoms with Gasteiger partial charge < -0.3 is 9.84 Å². The van der Waals surface area contributed by atoms with Crippen LogP contribution in [-0.2, 0) is 30.7 Å². The van der Waals surface area contributed by atoms with Gasteiger partial charge in [0.05, 0.1) is 24.3 Å². The number of alkyl halides is 3. The smallest absolute Gasteiger partial charge is 0.416 e. The molecule has 0 spiro atoms. The Morgan fingerprint density at radius 2 is 1.73 bits per heavy atom. The quantitative estimate of drug-likeness (QED) is 0.246. The van der Waals surface area contributed by atoms with E-state index >= 15 is 0 Å². The fourth-order valence-corrected chi connectivity index (χ4v) is 4.66. The van der Waals surface area contributed by atoms with Gasteiger partial charge in [0.15, 0.2) is 0 Å². The fourth-order valence-electron chi connectivity index (χ4n) is 3.82. The molecule has 0 aliphatic rings. The van der Waals surface area contributed by atoms with E-state index in [4.69, 9.17) is 9.72 Å². The number of carbonyl (C=O) groups is 1. The van der Waals surface area contributed by atoms with Crippen molar-refractivity contribution in [3.05, 3.63) is 105 Å². The largest absolute Gasteiger partial charge is 0.488 e. The van der Waals surface area contributed by atoms with E-state index in [0.717, 1.165) is 33.8 Å². The first-order valence-electron chi connectivity index (χ1n) is 11.5. The lowest BCUT2D eigenvalue weighted by Crippen LogP contribution is -2.28. The minimum absolute atomic E-state index is 0.106. The Morgan fingerprint density at radius 3 is 2.41 bits per heavy atom. The van der Waals surface area contributed by atoms with Gasteiger partial charge in [0.2, 0.25) is 0 Å². The SMILES string of the molecule is Cc1ccc(OCc2ccc(C(F)(F)F)cc2)c(-c2csc(CN(CC(=O)O)Cc3ccccc3)n2)c1. The summed E-state index contributed by atoms with van der Waals surface area (Å²) in [5.74, 6) is -0.348. The van der Waals surface area contributed by atoms with Gasteiger partial charge in [-0.1, -0.05) is 54.1 Å². The van der Waals surface area contributed by atoms with Gasteiger partial charge in [-0.25, -0.2) is 4.98 Å². The summed E-state index contributed by atoms with van der Waals surface area (Å²) in [5, 5.41) is 12.0. The molecule has 0 fully saturated rings. The predicted molar refractivity (Wildman–Crippen MR) is 136 cm³/mol. The number of carboxylic acids is 1. The highest BCUT2D eigenvalue weighted by molar-refractivity contribution is 7.09. The summed E-state index contributed by atoms with van der Waals surface area (Å²) in [6.45, 7) is 2.79. The van der Waals surface area contributed by atoms with Gasteiger partial charge in [-0.15, -0.1) is 11.3 Å². The van der Waals surface area contributed by atoms with Crippen molar-refractivity contribution in [3.63, 3.8) is 0 Å². The maximum atomic E-state index is 12.8. The summed E-state index contributed by atoms with van der Waals surface area (Å²) in [6.07, 6.45) is -4.38. The Morgan fingerprint density at radius 1 is 1.00 bits per heavy atom. The molecule has 5 nitrogen and oxygen atoms in total. The third-order valence-electron chi connectivity index (χ3n) is 5.61. The number of aliphatic carboxylic acids is 1. The lowest BCUT2D eigenvalue weighted by atomic mass is 10.1. The molecule has 0 aliphatic heterocycles. The molecule has 0 unspecified atom stereocenters. The fraction of sp³-hybridized carbons (Fsp3) is 0.214. The Bertz CT molecular complexity index is 1340. The number of benzene rings is 3. The van der Waals surface area contributed by atoms with Crippen molar-refractivity contribution in [2.45, 2.75) is 32.8 Å².